The summed E-state index contributed by atoms with van der Waals surface area (Å²) in [6, 6.07) is 8.02. The first-order valence-corrected chi connectivity index (χ1v) is 9.52. The van der Waals surface area contributed by atoms with Gasteiger partial charge in [-0.25, -0.2) is 0 Å². The minimum atomic E-state index is -0.518. The molecule has 4 nitrogen and oxygen atoms in total. The van der Waals surface area contributed by atoms with Gasteiger partial charge in [0.1, 0.15) is 0 Å². The monoisotopic (exact) mass is 368 g/mol. The van der Waals surface area contributed by atoms with Gasteiger partial charge in [0.05, 0.1) is 18.8 Å². The normalized spacial score (nSPS) is 22.5. The number of hydrogen-bond donors (Lipinski definition) is 3. The summed E-state index contributed by atoms with van der Waals surface area (Å²) < 4.78 is 5.81. The number of halogens is 1. The van der Waals surface area contributed by atoms with Gasteiger partial charge in [0.25, 0.3) is 0 Å². The Balaban J connectivity index is 1.75. The van der Waals surface area contributed by atoms with Crippen LogP contribution in [-0.4, -0.2) is 41.5 Å². The molecule has 142 valence electrons. The molecular formula is C20H33ClN2O2. The number of aliphatic hydroxyl groups excluding tert-OH is 1. The van der Waals surface area contributed by atoms with E-state index in [0.717, 1.165) is 18.4 Å². The molecule has 0 saturated carbocycles. The van der Waals surface area contributed by atoms with Crippen LogP contribution in [-0.2, 0) is 4.74 Å². The molecule has 0 aromatic heterocycles. The van der Waals surface area contributed by atoms with Crippen molar-refractivity contribution in [3.05, 3.63) is 34.9 Å². The van der Waals surface area contributed by atoms with Crippen molar-refractivity contribution in [2.75, 3.05) is 13.2 Å². The van der Waals surface area contributed by atoms with E-state index in [4.69, 9.17) is 16.3 Å². The summed E-state index contributed by atoms with van der Waals surface area (Å²) in [5.74, 6) is 0. The topological polar surface area (TPSA) is 53.5 Å². The van der Waals surface area contributed by atoms with E-state index < -0.39 is 6.10 Å². The maximum atomic E-state index is 10.3. The van der Waals surface area contributed by atoms with Crippen LogP contribution in [0.2, 0.25) is 5.02 Å². The molecule has 1 aliphatic rings. The fourth-order valence-electron chi connectivity index (χ4n) is 3.91. The molecule has 25 heavy (non-hydrogen) atoms. The Kier molecular flexibility index (Phi) is 6.91. The van der Waals surface area contributed by atoms with E-state index >= 15 is 0 Å². The van der Waals surface area contributed by atoms with Gasteiger partial charge in [-0.1, -0.05) is 23.7 Å². The van der Waals surface area contributed by atoms with E-state index in [2.05, 4.69) is 38.3 Å². The van der Waals surface area contributed by atoms with Crippen molar-refractivity contribution in [1.29, 1.82) is 0 Å². The summed E-state index contributed by atoms with van der Waals surface area (Å²) in [6.45, 7) is 11.8. The van der Waals surface area contributed by atoms with Crippen molar-refractivity contribution in [3.63, 3.8) is 0 Å². The first-order chi connectivity index (χ1) is 11.6. The average molecular weight is 369 g/mol. The Hall–Kier alpha value is -0.650. The smallest absolute Gasteiger partial charge is 0.0898 e. The lowest BCUT2D eigenvalue weighted by Crippen LogP contribution is -2.62. The van der Waals surface area contributed by atoms with Crippen LogP contribution in [0.1, 0.15) is 59.1 Å². The largest absolute Gasteiger partial charge is 0.389 e. The summed E-state index contributed by atoms with van der Waals surface area (Å²) in [6.07, 6.45) is 1.51. The van der Waals surface area contributed by atoms with Crippen LogP contribution < -0.4 is 10.6 Å². The molecule has 2 rings (SSSR count). The van der Waals surface area contributed by atoms with Crippen molar-refractivity contribution < 1.29 is 9.84 Å². The highest BCUT2D eigenvalue weighted by molar-refractivity contribution is 6.30. The third-order valence-corrected chi connectivity index (χ3v) is 4.96. The van der Waals surface area contributed by atoms with Crippen LogP contribution in [0.15, 0.2) is 24.3 Å². The molecule has 0 bridgehead atoms. The summed E-state index contributed by atoms with van der Waals surface area (Å²) in [4.78, 5) is 0. The molecule has 5 heteroatoms. The maximum Gasteiger partial charge on any atom is 0.0898 e. The number of hydrogen-bond acceptors (Lipinski definition) is 4. The zero-order valence-corrected chi connectivity index (χ0v) is 16.9. The first-order valence-electron chi connectivity index (χ1n) is 9.14. The third-order valence-electron chi connectivity index (χ3n) is 4.71. The van der Waals surface area contributed by atoms with E-state index in [0.29, 0.717) is 24.2 Å². The van der Waals surface area contributed by atoms with Gasteiger partial charge >= 0.3 is 0 Å². The highest BCUT2D eigenvalue weighted by Gasteiger charge is 2.37. The SMILES string of the molecule is C[C@H](OC[C@@H](O)CNC1CC(C)(C)NC(C)(C)C1)c1ccc(Cl)cc1. The van der Waals surface area contributed by atoms with Crippen LogP contribution in [0.25, 0.3) is 0 Å². The molecule has 2 atom stereocenters. The van der Waals surface area contributed by atoms with Crippen LogP contribution >= 0.6 is 11.6 Å². The first kappa shape index (κ1) is 20.7. The van der Waals surface area contributed by atoms with Gasteiger partial charge in [0.2, 0.25) is 0 Å². The molecule has 0 spiro atoms. The standard InChI is InChI=1S/C20H33ClN2O2/c1-14(15-6-8-16(21)9-7-15)25-13-18(24)12-22-17-10-19(2,3)23-20(4,5)11-17/h6-9,14,17-18,22-24H,10-13H2,1-5H3/t14-,18-/m0/s1. The van der Waals surface area contributed by atoms with E-state index in [1.54, 1.807) is 0 Å². The zero-order chi connectivity index (χ0) is 18.7. The molecular weight excluding hydrogens is 336 g/mol. The molecule has 0 radical (unpaired) electrons. The average Bonchev–Trinajstić information content (AvgIpc) is 2.48. The number of piperidine rings is 1. The van der Waals surface area contributed by atoms with Gasteiger partial charge in [-0.2, -0.15) is 0 Å². The highest BCUT2D eigenvalue weighted by Crippen LogP contribution is 2.28. The zero-order valence-electron chi connectivity index (χ0n) is 16.1. The summed E-state index contributed by atoms with van der Waals surface area (Å²) in [7, 11) is 0. The number of nitrogens with one attached hydrogen (secondary N) is 2. The van der Waals surface area contributed by atoms with Crippen molar-refractivity contribution in [3.8, 4) is 0 Å². The van der Waals surface area contributed by atoms with Crippen LogP contribution in [0.4, 0.5) is 0 Å². The third kappa shape index (κ3) is 6.87. The number of aliphatic hydroxyl groups is 1. The van der Waals surface area contributed by atoms with Gasteiger partial charge in [-0.3, -0.25) is 0 Å². The summed E-state index contributed by atoms with van der Waals surface area (Å²) in [5, 5.41) is 18.2. The van der Waals surface area contributed by atoms with E-state index in [1.165, 1.54) is 0 Å². The number of rotatable bonds is 7. The fraction of sp³-hybridized carbons (Fsp3) is 0.700. The minimum Gasteiger partial charge on any atom is -0.389 e. The Morgan fingerprint density at radius 3 is 2.32 bits per heavy atom. The lowest BCUT2D eigenvalue weighted by molar-refractivity contribution is -0.00443. The van der Waals surface area contributed by atoms with Gasteiger partial charge in [0.15, 0.2) is 0 Å². The molecule has 1 aliphatic heterocycles. The number of benzene rings is 1. The van der Waals surface area contributed by atoms with E-state index in [9.17, 15) is 5.11 Å². The second-order valence-electron chi connectivity index (χ2n) is 8.59. The molecule has 0 amide bonds. The second kappa shape index (κ2) is 8.36. The van der Waals surface area contributed by atoms with E-state index in [1.807, 2.05) is 31.2 Å². The number of ether oxygens (including phenoxy) is 1. The van der Waals surface area contributed by atoms with Crippen molar-refractivity contribution in [1.82, 2.24) is 10.6 Å². The Morgan fingerprint density at radius 2 is 1.76 bits per heavy atom. The van der Waals surface area contributed by atoms with Crippen LogP contribution in [0.5, 0.6) is 0 Å². The van der Waals surface area contributed by atoms with Gasteiger partial charge < -0.3 is 20.5 Å². The predicted octanol–water partition coefficient (Wildman–Crippen LogP) is 3.68. The quantitative estimate of drug-likeness (QED) is 0.687. The lowest BCUT2D eigenvalue weighted by Gasteiger charge is -2.47. The Morgan fingerprint density at radius 1 is 1.20 bits per heavy atom. The predicted molar refractivity (Wildman–Crippen MR) is 104 cm³/mol. The highest BCUT2D eigenvalue weighted by atomic mass is 35.5. The van der Waals surface area contributed by atoms with Gasteiger partial charge in [-0.05, 0) is 65.2 Å². The fourth-order valence-corrected chi connectivity index (χ4v) is 4.04. The van der Waals surface area contributed by atoms with Crippen LogP contribution in [0.3, 0.4) is 0 Å². The maximum absolute atomic E-state index is 10.3. The second-order valence-corrected chi connectivity index (χ2v) is 9.02. The van der Waals surface area contributed by atoms with Crippen molar-refractivity contribution in [2.24, 2.45) is 0 Å². The molecule has 1 aromatic rings. The molecule has 0 aliphatic carbocycles. The lowest BCUT2D eigenvalue weighted by atomic mass is 9.79. The van der Waals surface area contributed by atoms with Crippen LogP contribution in [0, 0.1) is 0 Å². The van der Waals surface area contributed by atoms with Gasteiger partial charge in [-0.15, -0.1) is 0 Å². The Bertz CT molecular complexity index is 529. The summed E-state index contributed by atoms with van der Waals surface area (Å²) >= 11 is 5.91. The molecule has 1 heterocycles. The minimum absolute atomic E-state index is 0.0661. The van der Waals surface area contributed by atoms with E-state index in [-0.39, 0.29) is 17.2 Å². The molecule has 3 N–H and O–H groups in total. The summed E-state index contributed by atoms with van der Waals surface area (Å²) in [5.41, 5.74) is 1.26. The van der Waals surface area contributed by atoms with Crippen molar-refractivity contribution >= 4 is 11.6 Å². The molecule has 1 saturated heterocycles. The molecule has 0 unspecified atom stereocenters. The van der Waals surface area contributed by atoms with Crippen molar-refractivity contribution in [2.45, 2.75) is 76.8 Å². The molecule has 1 fully saturated rings. The molecule has 1 aromatic carbocycles. The van der Waals surface area contributed by atoms with Gasteiger partial charge in [0, 0.05) is 28.7 Å². The Labute approximate surface area is 157 Å².